The first kappa shape index (κ1) is 14.2. The van der Waals surface area contributed by atoms with Crippen molar-refractivity contribution in [1.82, 2.24) is 9.78 Å². The number of nitrogens with zero attached hydrogens (tertiary/aromatic N) is 2. The van der Waals surface area contributed by atoms with Crippen molar-refractivity contribution in [2.45, 2.75) is 6.61 Å². The molecule has 0 aliphatic carbocycles. The molecule has 104 valence electrons. The van der Waals surface area contributed by atoms with Crippen LogP contribution in [0.5, 0.6) is 0 Å². The highest BCUT2D eigenvalue weighted by molar-refractivity contribution is 6.31. The van der Waals surface area contributed by atoms with Gasteiger partial charge in [-0.3, -0.25) is 4.79 Å². The monoisotopic (exact) mass is 296 g/mol. The molecule has 0 spiro atoms. The maximum atomic E-state index is 12.9. The fourth-order valence-electron chi connectivity index (χ4n) is 1.47. The molecule has 0 bridgehead atoms. The third-order valence-electron chi connectivity index (χ3n) is 2.54. The summed E-state index contributed by atoms with van der Waals surface area (Å²) >= 11 is 5.81. The quantitative estimate of drug-likeness (QED) is 0.812. The summed E-state index contributed by atoms with van der Waals surface area (Å²) in [5.41, 5.74) is 0.152. The lowest BCUT2D eigenvalue weighted by molar-refractivity contribution is 0.0463. The van der Waals surface area contributed by atoms with Crippen LogP contribution in [-0.4, -0.2) is 15.7 Å². The fourth-order valence-corrected chi connectivity index (χ4v) is 1.69. The molecule has 1 aromatic heterocycles. The molecule has 0 radical (unpaired) electrons. The maximum absolute atomic E-state index is 12.9. The van der Waals surface area contributed by atoms with Crippen molar-refractivity contribution in [3.05, 3.63) is 62.8 Å². The van der Waals surface area contributed by atoms with E-state index in [0.717, 1.165) is 10.7 Å². The van der Waals surface area contributed by atoms with Gasteiger partial charge in [0.2, 0.25) is 0 Å². The van der Waals surface area contributed by atoms with E-state index >= 15 is 0 Å². The number of rotatable bonds is 3. The summed E-state index contributed by atoms with van der Waals surface area (Å²) in [4.78, 5) is 22.9. The smallest absolute Gasteiger partial charge is 0.359 e. The van der Waals surface area contributed by atoms with Crippen molar-refractivity contribution < 1.29 is 13.9 Å². The van der Waals surface area contributed by atoms with E-state index in [9.17, 15) is 14.0 Å². The summed E-state index contributed by atoms with van der Waals surface area (Å²) < 4.78 is 18.9. The highest BCUT2D eigenvalue weighted by Gasteiger charge is 2.11. The van der Waals surface area contributed by atoms with E-state index in [-0.39, 0.29) is 22.9 Å². The number of hydrogen-bond acceptors (Lipinski definition) is 4. The second kappa shape index (κ2) is 5.83. The molecule has 0 N–H and O–H groups in total. The SMILES string of the molecule is Cn1nc(C(=O)OCc2ccc(F)cc2Cl)ccc1=O. The lowest BCUT2D eigenvalue weighted by Crippen LogP contribution is -2.21. The molecule has 0 atom stereocenters. The molecule has 0 saturated carbocycles. The van der Waals surface area contributed by atoms with Gasteiger partial charge in [0.1, 0.15) is 12.4 Å². The number of carbonyl (C=O) groups is 1. The summed E-state index contributed by atoms with van der Waals surface area (Å²) in [6.07, 6.45) is 0. The molecule has 2 rings (SSSR count). The molecule has 1 heterocycles. The average molecular weight is 297 g/mol. The first-order chi connectivity index (χ1) is 9.47. The minimum Gasteiger partial charge on any atom is -0.456 e. The third kappa shape index (κ3) is 3.21. The van der Waals surface area contributed by atoms with Gasteiger partial charge < -0.3 is 4.74 Å². The Morgan fingerprint density at radius 3 is 2.80 bits per heavy atom. The number of aryl methyl sites for hydroxylation is 1. The number of carbonyl (C=O) groups excluding carboxylic acids is 1. The predicted octanol–water partition coefficient (Wildman–Crippen LogP) is 1.93. The zero-order chi connectivity index (χ0) is 14.7. The Morgan fingerprint density at radius 1 is 1.40 bits per heavy atom. The Hall–Kier alpha value is -2.21. The molecule has 2 aromatic rings. The number of benzene rings is 1. The molecule has 0 aliphatic rings. The molecule has 1 aromatic carbocycles. The van der Waals surface area contributed by atoms with Gasteiger partial charge in [-0.2, -0.15) is 5.10 Å². The molecule has 20 heavy (non-hydrogen) atoms. The summed E-state index contributed by atoms with van der Waals surface area (Å²) in [6.45, 7) is -0.109. The molecule has 5 nitrogen and oxygen atoms in total. The summed E-state index contributed by atoms with van der Waals surface area (Å²) in [7, 11) is 1.43. The number of halogens is 2. The van der Waals surface area contributed by atoms with E-state index in [0.29, 0.717) is 5.56 Å². The van der Waals surface area contributed by atoms with Crippen LogP contribution in [0.3, 0.4) is 0 Å². The van der Waals surface area contributed by atoms with Gasteiger partial charge in [-0.1, -0.05) is 17.7 Å². The normalized spacial score (nSPS) is 10.3. The van der Waals surface area contributed by atoms with Crippen LogP contribution < -0.4 is 5.56 Å². The van der Waals surface area contributed by atoms with Crippen LogP contribution in [0.25, 0.3) is 0 Å². The van der Waals surface area contributed by atoms with E-state index in [2.05, 4.69) is 5.10 Å². The van der Waals surface area contributed by atoms with E-state index in [1.165, 1.54) is 31.3 Å². The van der Waals surface area contributed by atoms with Crippen LogP contribution in [0.1, 0.15) is 16.1 Å². The average Bonchev–Trinajstić information content (AvgIpc) is 2.40. The van der Waals surface area contributed by atoms with Gasteiger partial charge in [0.05, 0.1) is 5.02 Å². The summed E-state index contributed by atoms with van der Waals surface area (Å²) in [5, 5.41) is 3.93. The number of ether oxygens (including phenoxy) is 1. The Morgan fingerprint density at radius 2 is 2.15 bits per heavy atom. The molecule has 0 amide bonds. The Balaban J connectivity index is 2.08. The number of esters is 1. The largest absolute Gasteiger partial charge is 0.456 e. The lowest BCUT2D eigenvalue weighted by Gasteiger charge is -2.06. The van der Waals surface area contributed by atoms with E-state index < -0.39 is 11.8 Å². The second-order valence-electron chi connectivity index (χ2n) is 3.99. The van der Waals surface area contributed by atoms with Crippen LogP contribution in [0.2, 0.25) is 5.02 Å². The van der Waals surface area contributed by atoms with Crippen molar-refractivity contribution >= 4 is 17.6 Å². The van der Waals surface area contributed by atoms with Crippen LogP contribution in [-0.2, 0) is 18.4 Å². The standard InChI is InChI=1S/C13H10ClFN2O3/c1-17-12(18)5-4-11(16-17)13(19)20-7-8-2-3-9(15)6-10(8)14/h2-6H,7H2,1H3. The van der Waals surface area contributed by atoms with Crippen LogP contribution in [0.4, 0.5) is 4.39 Å². The maximum Gasteiger partial charge on any atom is 0.359 e. The van der Waals surface area contributed by atoms with E-state index in [1.54, 1.807) is 0 Å². The zero-order valence-electron chi connectivity index (χ0n) is 10.5. The van der Waals surface area contributed by atoms with Crippen molar-refractivity contribution in [2.24, 2.45) is 7.05 Å². The molecule has 0 unspecified atom stereocenters. The van der Waals surface area contributed by atoms with E-state index in [1.807, 2.05) is 0 Å². The first-order valence-corrected chi connectivity index (χ1v) is 6.00. The van der Waals surface area contributed by atoms with Crippen molar-refractivity contribution in [3.8, 4) is 0 Å². The summed E-state index contributed by atoms with van der Waals surface area (Å²) in [5.74, 6) is -1.16. The van der Waals surface area contributed by atoms with E-state index in [4.69, 9.17) is 16.3 Å². The topological polar surface area (TPSA) is 61.2 Å². The van der Waals surface area contributed by atoms with Crippen LogP contribution in [0.15, 0.2) is 35.1 Å². The highest BCUT2D eigenvalue weighted by atomic mass is 35.5. The number of hydrogen-bond donors (Lipinski definition) is 0. The van der Waals surface area contributed by atoms with Crippen molar-refractivity contribution in [2.75, 3.05) is 0 Å². The molecule has 0 fully saturated rings. The highest BCUT2D eigenvalue weighted by Crippen LogP contribution is 2.18. The lowest BCUT2D eigenvalue weighted by atomic mass is 10.2. The number of aromatic nitrogens is 2. The molecule has 0 aliphatic heterocycles. The Kier molecular flexibility index (Phi) is 4.14. The third-order valence-corrected chi connectivity index (χ3v) is 2.90. The zero-order valence-corrected chi connectivity index (χ0v) is 11.2. The van der Waals surface area contributed by atoms with Gasteiger partial charge in [0, 0.05) is 18.7 Å². The second-order valence-corrected chi connectivity index (χ2v) is 4.40. The van der Waals surface area contributed by atoms with Gasteiger partial charge in [0.15, 0.2) is 5.69 Å². The molecule has 0 saturated heterocycles. The minimum atomic E-state index is -0.694. The van der Waals surface area contributed by atoms with Crippen LogP contribution in [0, 0.1) is 5.82 Å². The fraction of sp³-hybridized carbons (Fsp3) is 0.154. The first-order valence-electron chi connectivity index (χ1n) is 5.63. The van der Waals surface area contributed by atoms with Gasteiger partial charge in [-0.05, 0) is 18.2 Å². The van der Waals surface area contributed by atoms with Gasteiger partial charge in [0.25, 0.3) is 5.56 Å². The van der Waals surface area contributed by atoms with Gasteiger partial charge >= 0.3 is 5.97 Å². The molecular weight excluding hydrogens is 287 g/mol. The Bertz CT molecular complexity index is 715. The Labute approximate surface area is 118 Å². The van der Waals surface area contributed by atoms with Crippen molar-refractivity contribution in [1.29, 1.82) is 0 Å². The minimum absolute atomic E-state index is 0.00494. The predicted molar refractivity (Wildman–Crippen MR) is 70.0 cm³/mol. The van der Waals surface area contributed by atoms with Crippen LogP contribution >= 0.6 is 11.6 Å². The molecular formula is C13H10ClFN2O3. The van der Waals surface area contributed by atoms with Gasteiger partial charge in [-0.15, -0.1) is 0 Å². The van der Waals surface area contributed by atoms with Gasteiger partial charge in [-0.25, -0.2) is 13.9 Å². The summed E-state index contributed by atoms with van der Waals surface area (Å²) in [6, 6.07) is 6.28. The van der Waals surface area contributed by atoms with Crippen molar-refractivity contribution in [3.63, 3.8) is 0 Å². The molecule has 7 heteroatoms.